The first-order valence-electron chi connectivity index (χ1n) is 7.36. The number of nitrogens with two attached hydrogens (primary N) is 1. The van der Waals surface area contributed by atoms with Crippen LogP contribution in [0.3, 0.4) is 0 Å². The van der Waals surface area contributed by atoms with Gasteiger partial charge in [-0.1, -0.05) is 0 Å². The first kappa shape index (κ1) is 21.1. The molecule has 1 aliphatic heterocycles. The van der Waals surface area contributed by atoms with Gasteiger partial charge in [-0.05, 0) is 13.0 Å². The second-order valence-electron chi connectivity index (χ2n) is 5.11. The molecule has 1 fully saturated rings. The number of aromatic nitrogens is 2. The van der Waals surface area contributed by atoms with Crippen LogP contribution in [0.15, 0.2) is 17.0 Å². The Bertz CT molecular complexity index is 622. The Balaban J connectivity index is 0.00000144. The molecule has 0 saturated carbocycles. The summed E-state index contributed by atoms with van der Waals surface area (Å²) in [5.74, 6) is 0.0283. The van der Waals surface area contributed by atoms with Crippen LogP contribution in [0.4, 0.5) is 5.13 Å². The topological polar surface area (TPSA) is 75.3 Å². The van der Waals surface area contributed by atoms with Crippen molar-refractivity contribution in [2.24, 2.45) is 5.73 Å². The summed E-state index contributed by atoms with van der Waals surface area (Å²) in [4.78, 5) is 25.5. The minimum atomic E-state index is 0. The van der Waals surface area contributed by atoms with Gasteiger partial charge in [-0.3, -0.25) is 4.79 Å². The first-order valence-corrected chi connectivity index (χ1v) is 9.12. The smallest absolute Gasteiger partial charge is 0.273 e. The molecule has 6 nitrogen and oxygen atoms in total. The van der Waals surface area contributed by atoms with Crippen molar-refractivity contribution in [3.8, 4) is 0 Å². The highest BCUT2D eigenvalue weighted by Crippen LogP contribution is 2.20. The standard InChI is InChI=1S/C14H19N5OS2.2ClH/c15-3-2-12-17-11(10-22-12)13(20)18-5-1-6-19(8-7-18)14-16-4-9-21-14;;/h4,9-10H,1-3,5-8,15H2;2*1H. The summed E-state index contributed by atoms with van der Waals surface area (Å²) in [6.07, 6.45) is 3.50. The minimum absolute atomic E-state index is 0. The highest BCUT2D eigenvalue weighted by atomic mass is 35.5. The van der Waals surface area contributed by atoms with E-state index in [2.05, 4.69) is 14.9 Å². The summed E-state index contributed by atoms with van der Waals surface area (Å²) in [6, 6.07) is 0. The molecule has 1 aliphatic rings. The predicted octanol–water partition coefficient (Wildman–Crippen LogP) is 2.30. The van der Waals surface area contributed by atoms with Crippen LogP contribution >= 0.6 is 47.5 Å². The lowest BCUT2D eigenvalue weighted by Gasteiger charge is -2.21. The molecule has 0 aliphatic carbocycles. The molecule has 24 heavy (non-hydrogen) atoms. The van der Waals surface area contributed by atoms with Crippen molar-refractivity contribution in [1.82, 2.24) is 14.9 Å². The van der Waals surface area contributed by atoms with Gasteiger partial charge in [0.1, 0.15) is 5.69 Å². The molecule has 2 aromatic rings. The van der Waals surface area contributed by atoms with E-state index in [0.29, 0.717) is 18.8 Å². The number of hydrogen-bond donors (Lipinski definition) is 1. The molecule has 0 radical (unpaired) electrons. The molecule has 1 saturated heterocycles. The van der Waals surface area contributed by atoms with E-state index < -0.39 is 0 Å². The van der Waals surface area contributed by atoms with E-state index >= 15 is 0 Å². The van der Waals surface area contributed by atoms with Crippen LogP contribution < -0.4 is 10.6 Å². The van der Waals surface area contributed by atoms with Gasteiger partial charge in [-0.15, -0.1) is 47.5 Å². The molecule has 0 aromatic carbocycles. The van der Waals surface area contributed by atoms with E-state index in [9.17, 15) is 4.79 Å². The van der Waals surface area contributed by atoms with Gasteiger partial charge in [0.15, 0.2) is 5.13 Å². The summed E-state index contributed by atoms with van der Waals surface area (Å²) in [5, 5.41) is 5.80. The number of anilines is 1. The van der Waals surface area contributed by atoms with Crippen LogP contribution in [0.1, 0.15) is 21.9 Å². The Morgan fingerprint density at radius 3 is 2.75 bits per heavy atom. The molecule has 2 N–H and O–H groups in total. The van der Waals surface area contributed by atoms with Crippen molar-refractivity contribution in [3.05, 3.63) is 27.7 Å². The molecule has 10 heteroatoms. The maximum absolute atomic E-state index is 12.6. The molecular formula is C14H21Cl2N5OS2. The highest BCUT2D eigenvalue weighted by Gasteiger charge is 2.22. The van der Waals surface area contributed by atoms with Crippen molar-refractivity contribution in [2.75, 3.05) is 37.6 Å². The van der Waals surface area contributed by atoms with Crippen molar-refractivity contribution < 1.29 is 4.79 Å². The monoisotopic (exact) mass is 409 g/mol. The molecule has 134 valence electrons. The molecule has 0 bridgehead atoms. The highest BCUT2D eigenvalue weighted by molar-refractivity contribution is 7.13. The third-order valence-electron chi connectivity index (χ3n) is 3.60. The minimum Gasteiger partial charge on any atom is -0.346 e. The number of carbonyl (C=O) groups excluding carboxylic acids is 1. The molecule has 0 spiro atoms. The molecular weight excluding hydrogens is 389 g/mol. The van der Waals surface area contributed by atoms with Crippen molar-refractivity contribution >= 4 is 58.5 Å². The molecule has 3 rings (SSSR count). The number of amides is 1. The van der Waals surface area contributed by atoms with Crippen LogP contribution in [-0.2, 0) is 6.42 Å². The Kier molecular flexibility index (Phi) is 8.93. The second-order valence-corrected chi connectivity index (χ2v) is 6.93. The number of carbonyl (C=O) groups is 1. The average molecular weight is 410 g/mol. The lowest BCUT2D eigenvalue weighted by Crippen LogP contribution is -2.35. The fourth-order valence-electron chi connectivity index (χ4n) is 2.49. The van der Waals surface area contributed by atoms with Crippen LogP contribution in [-0.4, -0.2) is 53.5 Å². The van der Waals surface area contributed by atoms with Gasteiger partial charge in [-0.2, -0.15) is 0 Å². The number of halogens is 2. The Hall–Kier alpha value is -0.930. The third kappa shape index (κ3) is 5.03. The van der Waals surface area contributed by atoms with Crippen LogP contribution in [0.2, 0.25) is 0 Å². The normalized spacial score (nSPS) is 14.5. The second kappa shape index (κ2) is 10.1. The Morgan fingerprint density at radius 2 is 2.04 bits per heavy atom. The lowest BCUT2D eigenvalue weighted by molar-refractivity contribution is 0.0762. The van der Waals surface area contributed by atoms with E-state index in [1.54, 1.807) is 11.3 Å². The number of thiazole rings is 2. The summed E-state index contributed by atoms with van der Waals surface area (Å²) < 4.78 is 0. The van der Waals surface area contributed by atoms with Crippen LogP contribution in [0.25, 0.3) is 0 Å². The average Bonchev–Trinajstić information content (AvgIpc) is 3.15. The van der Waals surface area contributed by atoms with Crippen LogP contribution in [0.5, 0.6) is 0 Å². The van der Waals surface area contributed by atoms with Crippen molar-refractivity contribution in [3.63, 3.8) is 0 Å². The first-order chi connectivity index (χ1) is 10.8. The third-order valence-corrected chi connectivity index (χ3v) is 5.34. The van der Waals surface area contributed by atoms with Crippen molar-refractivity contribution in [2.45, 2.75) is 12.8 Å². The molecule has 3 heterocycles. The quantitative estimate of drug-likeness (QED) is 0.837. The van der Waals surface area contributed by atoms with E-state index in [1.165, 1.54) is 11.3 Å². The summed E-state index contributed by atoms with van der Waals surface area (Å²) in [7, 11) is 0. The Labute approximate surface area is 161 Å². The van der Waals surface area contributed by atoms with Crippen LogP contribution in [0, 0.1) is 0 Å². The van der Waals surface area contributed by atoms with Gasteiger partial charge in [-0.25, -0.2) is 9.97 Å². The van der Waals surface area contributed by atoms with Gasteiger partial charge in [0, 0.05) is 49.6 Å². The van der Waals surface area contributed by atoms with Gasteiger partial charge < -0.3 is 15.5 Å². The van der Waals surface area contributed by atoms with Crippen molar-refractivity contribution in [1.29, 1.82) is 0 Å². The maximum atomic E-state index is 12.6. The molecule has 2 aromatic heterocycles. The fourth-order valence-corrected chi connectivity index (χ4v) is 3.98. The number of hydrogen-bond acceptors (Lipinski definition) is 7. The number of nitrogens with zero attached hydrogens (tertiary/aromatic N) is 4. The molecule has 0 unspecified atom stereocenters. The maximum Gasteiger partial charge on any atom is 0.273 e. The molecule has 1 amide bonds. The summed E-state index contributed by atoms with van der Waals surface area (Å²) >= 11 is 3.16. The summed E-state index contributed by atoms with van der Waals surface area (Å²) in [6.45, 7) is 3.80. The zero-order chi connectivity index (χ0) is 15.4. The zero-order valence-electron chi connectivity index (χ0n) is 13.1. The Morgan fingerprint density at radius 1 is 1.21 bits per heavy atom. The lowest BCUT2D eigenvalue weighted by atomic mass is 10.3. The largest absolute Gasteiger partial charge is 0.346 e. The van der Waals surface area contributed by atoms with E-state index in [0.717, 1.165) is 42.6 Å². The zero-order valence-corrected chi connectivity index (χ0v) is 16.4. The van der Waals surface area contributed by atoms with Gasteiger partial charge in [0.25, 0.3) is 5.91 Å². The van der Waals surface area contributed by atoms with E-state index in [-0.39, 0.29) is 30.7 Å². The predicted molar refractivity (Wildman–Crippen MR) is 104 cm³/mol. The number of rotatable bonds is 4. The molecule has 0 atom stereocenters. The fraction of sp³-hybridized carbons (Fsp3) is 0.500. The summed E-state index contributed by atoms with van der Waals surface area (Å²) in [5.41, 5.74) is 6.08. The van der Waals surface area contributed by atoms with Gasteiger partial charge >= 0.3 is 0 Å². The SMILES string of the molecule is Cl.Cl.NCCc1nc(C(=O)N2CCCN(c3nccs3)CC2)cs1. The van der Waals surface area contributed by atoms with E-state index in [1.807, 2.05) is 21.9 Å². The van der Waals surface area contributed by atoms with E-state index in [4.69, 9.17) is 5.73 Å². The van der Waals surface area contributed by atoms with Gasteiger partial charge in [0.05, 0.1) is 5.01 Å². The van der Waals surface area contributed by atoms with Gasteiger partial charge in [0.2, 0.25) is 0 Å².